The molecule has 2 rings (SSSR count). The Morgan fingerprint density at radius 1 is 1.21 bits per heavy atom. The van der Waals surface area contributed by atoms with Crippen LogP contribution in [0.2, 0.25) is 0 Å². The molecular formula is C16H22N2S. The van der Waals surface area contributed by atoms with Gasteiger partial charge in [-0.1, -0.05) is 31.2 Å². The summed E-state index contributed by atoms with van der Waals surface area (Å²) in [6, 6.07) is 13.4. The highest BCUT2D eigenvalue weighted by Gasteiger charge is 2.14. The smallest absolute Gasteiger partial charge is 0.0519 e. The fourth-order valence-corrected chi connectivity index (χ4v) is 3.19. The van der Waals surface area contributed by atoms with Crippen molar-refractivity contribution in [1.29, 1.82) is 0 Å². The first-order chi connectivity index (χ1) is 9.26. The van der Waals surface area contributed by atoms with Crippen molar-refractivity contribution in [3.8, 4) is 0 Å². The number of nitrogens with one attached hydrogen (secondary N) is 1. The second-order valence-electron chi connectivity index (χ2n) is 4.74. The maximum Gasteiger partial charge on any atom is 0.0519 e. The van der Waals surface area contributed by atoms with Gasteiger partial charge in [0.05, 0.1) is 6.54 Å². The van der Waals surface area contributed by atoms with Crippen molar-refractivity contribution in [3.05, 3.63) is 52.2 Å². The predicted molar refractivity (Wildman–Crippen MR) is 85.0 cm³/mol. The molecule has 0 amide bonds. The third kappa shape index (κ3) is 3.37. The van der Waals surface area contributed by atoms with Crippen molar-refractivity contribution in [2.45, 2.75) is 25.9 Å². The topological polar surface area (TPSA) is 15.3 Å². The predicted octanol–water partition coefficient (Wildman–Crippen LogP) is 4.06. The Hall–Kier alpha value is -1.32. The average Bonchev–Trinajstić information content (AvgIpc) is 2.93. The van der Waals surface area contributed by atoms with Crippen molar-refractivity contribution in [3.63, 3.8) is 0 Å². The van der Waals surface area contributed by atoms with Gasteiger partial charge in [-0.05, 0) is 36.5 Å². The maximum atomic E-state index is 3.40. The van der Waals surface area contributed by atoms with Crippen LogP contribution in [0.25, 0.3) is 0 Å². The highest BCUT2D eigenvalue weighted by molar-refractivity contribution is 7.09. The van der Waals surface area contributed by atoms with Crippen molar-refractivity contribution in [1.82, 2.24) is 5.32 Å². The van der Waals surface area contributed by atoms with Gasteiger partial charge in [-0.2, -0.15) is 0 Å². The standard InChI is InChI=1S/C16H22N2S/c1-4-15(17-2)14-9-5-6-10-16(14)18(3)12-13-8-7-11-19-13/h5-11,15,17H,4,12H2,1-3H3. The molecule has 0 aliphatic carbocycles. The number of thiophene rings is 1. The van der Waals surface area contributed by atoms with Crippen LogP contribution in [0.1, 0.15) is 29.8 Å². The van der Waals surface area contributed by atoms with E-state index in [0.717, 1.165) is 13.0 Å². The number of benzene rings is 1. The Bertz CT molecular complexity index is 489. The Labute approximate surface area is 120 Å². The number of nitrogens with zero attached hydrogens (tertiary/aromatic N) is 1. The fraction of sp³-hybridized carbons (Fsp3) is 0.375. The quantitative estimate of drug-likeness (QED) is 0.854. The van der Waals surface area contributed by atoms with E-state index < -0.39 is 0 Å². The monoisotopic (exact) mass is 274 g/mol. The highest BCUT2D eigenvalue weighted by Crippen LogP contribution is 2.28. The summed E-state index contributed by atoms with van der Waals surface area (Å²) in [4.78, 5) is 3.73. The van der Waals surface area contributed by atoms with E-state index in [0.29, 0.717) is 6.04 Å². The van der Waals surface area contributed by atoms with Crippen LogP contribution in [0.3, 0.4) is 0 Å². The zero-order valence-corrected chi connectivity index (χ0v) is 12.7. The number of rotatable bonds is 6. The lowest BCUT2D eigenvalue weighted by Crippen LogP contribution is -2.22. The molecule has 1 N–H and O–H groups in total. The SMILES string of the molecule is CCC(NC)c1ccccc1N(C)Cc1cccs1. The molecular weight excluding hydrogens is 252 g/mol. The van der Waals surface area contributed by atoms with Crippen LogP contribution in [0.4, 0.5) is 5.69 Å². The molecule has 2 aromatic rings. The minimum atomic E-state index is 0.419. The Kier molecular flexibility index (Phi) is 5.00. The number of hydrogen-bond donors (Lipinski definition) is 1. The molecule has 0 saturated carbocycles. The van der Waals surface area contributed by atoms with Crippen molar-refractivity contribution >= 4 is 17.0 Å². The summed E-state index contributed by atoms with van der Waals surface area (Å²) < 4.78 is 0. The minimum absolute atomic E-state index is 0.419. The molecule has 2 nitrogen and oxygen atoms in total. The number of hydrogen-bond acceptors (Lipinski definition) is 3. The van der Waals surface area contributed by atoms with E-state index in [1.807, 2.05) is 18.4 Å². The van der Waals surface area contributed by atoms with Gasteiger partial charge in [0.2, 0.25) is 0 Å². The van der Waals surface area contributed by atoms with Gasteiger partial charge >= 0.3 is 0 Å². The zero-order chi connectivity index (χ0) is 13.7. The molecule has 3 heteroatoms. The normalized spacial score (nSPS) is 12.4. The first-order valence-electron chi connectivity index (χ1n) is 6.76. The zero-order valence-electron chi connectivity index (χ0n) is 11.9. The van der Waals surface area contributed by atoms with Gasteiger partial charge in [-0.25, -0.2) is 0 Å². The summed E-state index contributed by atoms with van der Waals surface area (Å²) in [5.41, 5.74) is 2.70. The van der Waals surface area contributed by atoms with Crippen LogP contribution in [0.5, 0.6) is 0 Å². The lowest BCUT2D eigenvalue weighted by Gasteiger charge is -2.25. The molecule has 0 radical (unpaired) electrons. The van der Waals surface area contributed by atoms with Crippen molar-refractivity contribution in [2.24, 2.45) is 0 Å². The van der Waals surface area contributed by atoms with Gasteiger partial charge in [-0.3, -0.25) is 0 Å². The summed E-state index contributed by atoms with van der Waals surface area (Å²) >= 11 is 1.81. The van der Waals surface area contributed by atoms with E-state index >= 15 is 0 Å². The molecule has 1 atom stereocenters. The van der Waals surface area contributed by atoms with Gasteiger partial charge in [0.25, 0.3) is 0 Å². The van der Waals surface area contributed by atoms with E-state index in [1.165, 1.54) is 16.1 Å². The molecule has 1 aromatic carbocycles. The van der Waals surface area contributed by atoms with Crippen LogP contribution in [-0.2, 0) is 6.54 Å². The van der Waals surface area contributed by atoms with Gasteiger partial charge in [0, 0.05) is 23.7 Å². The van der Waals surface area contributed by atoms with E-state index in [9.17, 15) is 0 Å². The second-order valence-corrected chi connectivity index (χ2v) is 5.78. The lowest BCUT2D eigenvalue weighted by molar-refractivity contribution is 0.576. The molecule has 102 valence electrons. The minimum Gasteiger partial charge on any atom is -0.369 e. The molecule has 1 aromatic heterocycles. The number of anilines is 1. The van der Waals surface area contributed by atoms with E-state index in [1.54, 1.807) is 0 Å². The van der Waals surface area contributed by atoms with Crippen LogP contribution >= 0.6 is 11.3 Å². The first-order valence-corrected chi connectivity index (χ1v) is 7.64. The van der Waals surface area contributed by atoms with Crippen LogP contribution in [0.15, 0.2) is 41.8 Å². The molecule has 0 spiro atoms. The maximum absolute atomic E-state index is 3.40. The average molecular weight is 274 g/mol. The molecule has 0 saturated heterocycles. The van der Waals surface area contributed by atoms with Crippen LogP contribution in [0, 0.1) is 0 Å². The van der Waals surface area contributed by atoms with E-state index in [2.05, 4.69) is 66.0 Å². The summed E-state index contributed by atoms with van der Waals surface area (Å²) in [7, 11) is 4.20. The number of para-hydroxylation sites is 1. The highest BCUT2D eigenvalue weighted by atomic mass is 32.1. The Morgan fingerprint density at radius 2 is 2.00 bits per heavy atom. The van der Waals surface area contributed by atoms with Crippen molar-refractivity contribution in [2.75, 3.05) is 19.0 Å². The fourth-order valence-electron chi connectivity index (χ4n) is 2.43. The summed E-state index contributed by atoms with van der Waals surface area (Å²) in [6.45, 7) is 3.19. The van der Waals surface area contributed by atoms with Crippen LogP contribution in [-0.4, -0.2) is 14.1 Å². The molecule has 0 fully saturated rings. The van der Waals surface area contributed by atoms with Gasteiger partial charge in [0.15, 0.2) is 0 Å². The lowest BCUT2D eigenvalue weighted by atomic mass is 10.0. The van der Waals surface area contributed by atoms with Crippen LogP contribution < -0.4 is 10.2 Å². The molecule has 1 heterocycles. The molecule has 0 aliphatic rings. The Balaban J connectivity index is 2.23. The second kappa shape index (κ2) is 6.73. The Morgan fingerprint density at radius 3 is 2.63 bits per heavy atom. The van der Waals surface area contributed by atoms with Gasteiger partial charge in [-0.15, -0.1) is 11.3 Å². The van der Waals surface area contributed by atoms with Crippen molar-refractivity contribution < 1.29 is 0 Å². The third-order valence-corrected chi connectivity index (χ3v) is 4.31. The third-order valence-electron chi connectivity index (χ3n) is 3.45. The molecule has 0 aliphatic heterocycles. The first kappa shape index (κ1) is 14.1. The summed E-state index contributed by atoms with van der Waals surface area (Å²) in [6.07, 6.45) is 1.10. The molecule has 19 heavy (non-hydrogen) atoms. The largest absolute Gasteiger partial charge is 0.369 e. The van der Waals surface area contributed by atoms with E-state index in [-0.39, 0.29) is 0 Å². The van der Waals surface area contributed by atoms with E-state index in [4.69, 9.17) is 0 Å². The van der Waals surface area contributed by atoms with Gasteiger partial charge < -0.3 is 10.2 Å². The van der Waals surface area contributed by atoms with Gasteiger partial charge in [0.1, 0.15) is 0 Å². The summed E-state index contributed by atoms with van der Waals surface area (Å²) in [5, 5.41) is 5.53. The molecule has 0 bridgehead atoms. The summed E-state index contributed by atoms with van der Waals surface area (Å²) in [5.74, 6) is 0. The molecule has 1 unspecified atom stereocenters.